The van der Waals surface area contributed by atoms with Gasteiger partial charge < -0.3 is 9.47 Å². The van der Waals surface area contributed by atoms with Crippen molar-refractivity contribution in [1.82, 2.24) is 0 Å². The van der Waals surface area contributed by atoms with Crippen LogP contribution in [0.1, 0.15) is 31.7 Å². The summed E-state index contributed by atoms with van der Waals surface area (Å²) in [6, 6.07) is 13.0. The Kier molecular flexibility index (Phi) is 9.19. The van der Waals surface area contributed by atoms with Gasteiger partial charge in [-0.1, -0.05) is 42.5 Å². The van der Waals surface area contributed by atoms with Crippen molar-refractivity contribution in [3.05, 3.63) is 60.7 Å². The second-order valence-electron chi connectivity index (χ2n) is 5.96. The molecule has 0 saturated heterocycles. The average molecular weight is 380 g/mol. The number of carbonyl (C=O) groups is 2. The van der Waals surface area contributed by atoms with E-state index >= 15 is 0 Å². The van der Waals surface area contributed by atoms with Crippen LogP contribution >= 0.6 is 0 Å². The molecule has 2 atom stereocenters. The third kappa shape index (κ3) is 5.56. The van der Waals surface area contributed by atoms with E-state index in [1.165, 1.54) is 18.2 Å². The average Bonchev–Trinajstić information content (AvgIpc) is 2.71. The van der Waals surface area contributed by atoms with Crippen LogP contribution in [0.15, 0.2) is 55.1 Å². The molecule has 28 heavy (non-hydrogen) atoms. The lowest BCUT2D eigenvalue weighted by atomic mass is 9.66. The lowest BCUT2D eigenvalue weighted by molar-refractivity contribution is -0.147. The Morgan fingerprint density at radius 1 is 1.14 bits per heavy atom. The lowest BCUT2D eigenvalue weighted by Crippen LogP contribution is -2.35. The Balaban J connectivity index is 3.43. The van der Waals surface area contributed by atoms with Crippen LogP contribution in [-0.2, 0) is 19.1 Å². The van der Waals surface area contributed by atoms with Crippen molar-refractivity contribution in [2.24, 2.45) is 11.3 Å². The molecule has 1 aromatic carbocycles. The Morgan fingerprint density at radius 2 is 1.75 bits per heavy atom. The Bertz CT molecular complexity index is 773. The molecule has 0 aliphatic rings. The standard InChI is InChI=1S/C22H24N2O4/c1-4-18(21(26)28-6-3)20(17-11-8-7-9-12-17)22(15-23,16-24)14-10-13-19(25)27-5-2/h4,7-13,18,20H,1,5-6,14H2,2-3H3/b13-10+. The SMILES string of the molecule is C=CC(C(=O)OCC)C(c1ccccc1)C(C#N)(C#N)C/C=C/C(=O)OCC. The summed E-state index contributed by atoms with van der Waals surface area (Å²) in [6.07, 6.45) is 3.93. The van der Waals surface area contributed by atoms with Crippen molar-refractivity contribution in [3.8, 4) is 12.1 Å². The molecule has 0 aromatic heterocycles. The zero-order valence-corrected chi connectivity index (χ0v) is 16.1. The van der Waals surface area contributed by atoms with E-state index in [1.54, 1.807) is 44.2 Å². The van der Waals surface area contributed by atoms with Gasteiger partial charge in [0.25, 0.3) is 0 Å². The van der Waals surface area contributed by atoms with Crippen LogP contribution in [0.2, 0.25) is 0 Å². The van der Waals surface area contributed by atoms with E-state index in [-0.39, 0.29) is 19.6 Å². The quantitative estimate of drug-likeness (QED) is 0.349. The molecule has 0 aliphatic carbocycles. The molecule has 2 unspecified atom stereocenters. The minimum Gasteiger partial charge on any atom is -0.466 e. The van der Waals surface area contributed by atoms with E-state index in [2.05, 4.69) is 18.7 Å². The molecule has 0 bridgehead atoms. The molecule has 1 rings (SSSR count). The summed E-state index contributed by atoms with van der Waals surface area (Å²) in [4.78, 5) is 24.1. The highest BCUT2D eigenvalue weighted by atomic mass is 16.5. The molecular weight excluding hydrogens is 356 g/mol. The van der Waals surface area contributed by atoms with Gasteiger partial charge in [-0.05, 0) is 25.8 Å². The smallest absolute Gasteiger partial charge is 0.330 e. The van der Waals surface area contributed by atoms with Gasteiger partial charge in [-0.3, -0.25) is 4.79 Å². The monoisotopic (exact) mass is 380 g/mol. The first-order valence-corrected chi connectivity index (χ1v) is 8.99. The van der Waals surface area contributed by atoms with E-state index < -0.39 is 29.2 Å². The van der Waals surface area contributed by atoms with Crippen LogP contribution in [0.25, 0.3) is 0 Å². The molecule has 0 amide bonds. The number of hydrogen-bond donors (Lipinski definition) is 0. The van der Waals surface area contributed by atoms with Crippen molar-refractivity contribution in [2.45, 2.75) is 26.2 Å². The van der Waals surface area contributed by atoms with Crippen molar-refractivity contribution in [3.63, 3.8) is 0 Å². The third-order valence-electron chi connectivity index (χ3n) is 4.24. The van der Waals surface area contributed by atoms with Gasteiger partial charge in [0.15, 0.2) is 5.41 Å². The fraction of sp³-hybridized carbons (Fsp3) is 0.364. The number of esters is 2. The Labute approximate surface area is 165 Å². The first-order chi connectivity index (χ1) is 13.5. The Hall–Kier alpha value is -3.38. The fourth-order valence-corrected chi connectivity index (χ4v) is 2.98. The van der Waals surface area contributed by atoms with Crippen LogP contribution in [0.3, 0.4) is 0 Å². The second-order valence-corrected chi connectivity index (χ2v) is 5.96. The molecule has 0 radical (unpaired) electrons. The highest BCUT2D eigenvalue weighted by Gasteiger charge is 2.46. The maximum atomic E-state index is 12.5. The van der Waals surface area contributed by atoms with Gasteiger partial charge in [0.2, 0.25) is 0 Å². The number of allylic oxidation sites excluding steroid dienone is 1. The van der Waals surface area contributed by atoms with Crippen LogP contribution in [-0.4, -0.2) is 25.2 Å². The molecule has 0 spiro atoms. The van der Waals surface area contributed by atoms with Crippen LogP contribution < -0.4 is 0 Å². The van der Waals surface area contributed by atoms with Gasteiger partial charge in [-0.15, -0.1) is 6.58 Å². The van der Waals surface area contributed by atoms with E-state index in [1.807, 2.05) is 0 Å². The van der Waals surface area contributed by atoms with Gasteiger partial charge in [0.1, 0.15) is 0 Å². The van der Waals surface area contributed by atoms with Crippen molar-refractivity contribution < 1.29 is 19.1 Å². The number of nitriles is 2. The highest BCUT2D eigenvalue weighted by molar-refractivity contribution is 5.82. The van der Waals surface area contributed by atoms with Gasteiger partial charge in [-0.2, -0.15) is 10.5 Å². The third-order valence-corrected chi connectivity index (χ3v) is 4.24. The van der Waals surface area contributed by atoms with Crippen molar-refractivity contribution in [1.29, 1.82) is 10.5 Å². The molecule has 146 valence electrons. The molecular formula is C22H24N2O4. The number of hydrogen-bond acceptors (Lipinski definition) is 6. The first kappa shape index (κ1) is 22.7. The second kappa shape index (κ2) is 11.4. The summed E-state index contributed by atoms with van der Waals surface area (Å²) in [5, 5.41) is 19.8. The topological polar surface area (TPSA) is 100 Å². The number of ether oxygens (including phenoxy) is 2. The predicted molar refractivity (Wildman–Crippen MR) is 104 cm³/mol. The van der Waals surface area contributed by atoms with Gasteiger partial charge >= 0.3 is 11.9 Å². The van der Waals surface area contributed by atoms with Crippen molar-refractivity contribution in [2.75, 3.05) is 13.2 Å². The number of rotatable bonds is 10. The number of nitrogens with zero attached hydrogens (tertiary/aromatic N) is 2. The van der Waals surface area contributed by atoms with Gasteiger partial charge in [0, 0.05) is 12.0 Å². The summed E-state index contributed by atoms with van der Waals surface area (Å²) in [7, 11) is 0. The molecule has 0 N–H and O–H groups in total. The summed E-state index contributed by atoms with van der Waals surface area (Å²) in [6.45, 7) is 7.46. The van der Waals surface area contributed by atoms with E-state index in [0.29, 0.717) is 5.56 Å². The summed E-state index contributed by atoms with van der Waals surface area (Å²) < 4.78 is 9.96. The molecule has 6 heteroatoms. The Morgan fingerprint density at radius 3 is 2.25 bits per heavy atom. The van der Waals surface area contributed by atoms with Crippen LogP contribution in [0.4, 0.5) is 0 Å². The maximum absolute atomic E-state index is 12.5. The normalized spacial score (nSPS) is 13.0. The molecule has 0 heterocycles. The summed E-state index contributed by atoms with van der Waals surface area (Å²) in [5.74, 6) is -2.85. The summed E-state index contributed by atoms with van der Waals surface area (Å²) >= 11 is 0. The minimum absolute atomic E-state index is 0.0673. The van der Waals surface area contributed by atoms with Gasteiger partial charge in [0.05, 0.1) is 31.3 Å². The van der Waals surface area contributed by atoms with Crippen molar-refractivity contribution >= 4 is 11.9 Å². The van der Waals surface area contributed by atoms with Crippen LogP contribution in [0, 0.1) is 34.0 Å². The lowest BCUT2D eigenvalue weighted by Gasteiger charge is -2.32. The zero-order valence-electron chi connectivity index (χ0n) is 16.1. The van der Waals surface area contributed by atoms with E-state index in [9.17, 15) is 20.1 Å². The molecule has 6 nitrogen and oxygen atoms in total. The number of carbonyl (C=O) groups excluding carboxylic acids is 2. The van der Waals surface area contributed by atoms with E-state index in [4.69, 9.17) is 9.47 Å². The first-order valence-electron chi connectivity index (χ1n) is 8.99. The molecule has 0 fully saturated rings. The zero-order chi connectivity index (χ0) is 21.0. The van der Waals surface area contributed by atoms with Gasteiger partial charge in [-0.25, -0.2) is 4.79 Å². The van der Waals surface area contributed by atoms with Crippen LogP contribution in [0.5, 0.6) is 0 Å². The van der Waals surface area contributed by atoms with E-state index in [0.717, 1.165) is 0 Å². The summed E-state index contributed by atoms with van der Waals surface area (Å²) in [5.41, 5.74) is -0.983. The molecule has 0 aliphatic heterocycles. The fourth-order valence-electron chi connectivity index (χ4n) is 2.98. The molecule has 1 aromatic rings. The maximum Gasteiger partial charge on any atom is 0.330 e. The minimum atomic E-state index is -1.62. The largest absolute Gasteiger partial charge is 0.466 e. The molecule has 0 saturated carbocycles. The number of benzene rings is 1. The highest BCUT2D eigenvalue weighted by Crippen LogP contribution is 2.44. The predicted octanol–water partition coefficient (Wildman–Crippen LogP) is 3.68.